The molecule has 0 amide bonds. The van der Waals surface area contributed by atoms with Crippen molar-refractivity contribution in [3.8, 4) is 28.5 Å². The molecule has 3 aromatic carbocycles. The average Bonchev–Trinajstić information content (AvgIpc) is 3.41. The van der Waals surface area contributed by atoms with Gasteiger partial charge in [0.2, 0.25) is 0 Å². The minimum absolute atomic E-state index is 0.00326. The minimum atomic E-state index is -1.07. The van der Waals surface area contributed by atoms with Crippen LogP contribution in [0.3, 0.4) is 0 Å². The molecule has 0 aliphatic rings. The normalized spacial score (nSPS) is 11.3. The maximum absolute atomic E-state index is 12.5. The molecule has 0 saturated heterocycles. The number of carboxylic acid groups (broad SMARTS) is 2. The summed E-state index contributed by atoms with van der Waals surface area (Å²) < 4.78 is 20.5. The Kier molecular flexibility index (Phi) is 11.2. The van der Waals surface area contributed by atoms with Gasteiger partial charge in [-0.1, -0.05) is 47.5 Å². The van der Waals surface area contributed by atoms with Gasteiger partial charge in [-0.2, -0.15) is 5.10 Å². The highest BCUT2D eigenvalue weighted by atomic mass is 79.9. The van der Waals surface area contributed by atoms with Crippen LogP contribution in [-0.2, 0) is 24.4 Å². The third-order valence-corrected chi connectivity index (χ3v) is 8.33. The number of aromatic nitrogens is 2. The van der Waals surface area contributed by atoms with Crippen LogP contribution in [-0.4, -0.2) is 46.2 Å². The van der Waals surface area contributed by atoms with Gasteiger partial charge in [0.1, 0.15) is 23.9 Å². The number of aliphatic carboxylic acids is 1. The molecule has 0 unspecified atom stereocenters. The molecule has 11 heteroatoms. The number of benzene rings is 3. The van der Waals surface area contributed by atoms with Gasteiger partial charge in [-0.05, 0) is 64.3 Å². The van der Waals surface area contributed by atoms with Crippen LogP contribution < -0.4 is 14.2 Å². The number of aryl methyl sites for hydroxylation is 1. The lowest BCUT2D eigenvalue weighted by atomic mass is 10.00. The Labute approximate surface area is 272 Å². The number of unbranched alkanes of at least 4 members (excludes halogenated alkanes) is 1. The molecule has 0 fully saturated rings. The van der Waals surface area contributed by atoms with Crippen LogP contribution in [0.4, 0.5) is 0 Å². The van der Waals surface area contributed by atoms with Crippen molar-refractivity contribution in [2.24, 2.45) is 0 Å². The molecule has 44 heavy (non-hydrogen) atoms. The van der Waals surface area contributed by atoms with E-state index in [-0.39, 0.29) is 24.2 Å². The number of hydrogen-bond acceptors (Lipinski definition) is 6. The lowest BCUT2D eigenvalue weighted by molar-refractivity contribution is -0.132. The van der Waals surface area contributed by atoms with Crippen LogP contribution in [0.2, 0.25) is 0 Å². The van der Waals surface area contributed by atoms with Crippen molar-refractivity contribution in [1.29, 1.82) is 0 Å². The van der Waals surface area contributed by atoms with E-state index in [1.165, 1.54) is 6.07 Å². The van der Waals surface area contributed by atoms with Gasteiger partial charge in [-0.3, -0.25) is 4.68 Å². The predicted octanol–water partition coefficient (Wildman–Crippen LogP) is 7.88. The second kappa shape index (κ2) is 15.1. The van der Waals surface area contributed by atoms with Crippen molar-refractivity contribution in [2.75, 3.05) is 14.2 Å². The fourth-order valence-corrected chi connectivity index (χ4v) is 5.97. The summed E-state index contributed by atoms with van der Waals surface area (Å²) in [6.45, 7) is 2.68. The Balaban J connectivity index is 1.82. The summed E-state index contributed by atoms with van der Waals surface area (Å²) in [6.07, 6.45) is 5.19. The van der Waals surface area contributed by atoms with Crippen LogP contribution in [0, 0.1) is 0 Å². The van der Waals surface area contributed by atoms with Crippen molar-refractivity contribution in [3.05, 3.63) is 97.6 Å². The summed E-state index contributed by atoms with van der Waals surface area (Å²) in [5.74, 6) is -0.536. The number of halogens is 2. The van der Waals surface area contributed by atoms with E-state index >= 15 is 0 Å². The zero-order chi connectivity index (χ0) is 31.8. The summed E-state index contributed by atoms with van der Waals surface area (Å²) in [6, 6.07) is 15.6. The van der Waals surface area contributed by atoms with E-state index in [9.17, 15) is 19.8 Å². The van der Waals surface area contributed by atoms with Gasteiger partial charge in [0.25, 0.3) is 0 Å². The Morgan fingerprint density at radius 1 is 0.955 bits per heavy atom. The molecule has 230 valence electrons. The van der Waals surface area contributed by atoms with E-state index in [1.54, 1.807) is 62.9 Å². The quantitative estimate of drug-likeness (QED) is 0.126. The van der Waals surface area contributed by atoms with Crippen LogP contribution >= 0.6 is 31.9 Å². The SMILES string of the molecule is CCCCn1ncc(/C=C(\Cc2cc(OC)c(Br)cc2Br)C(=O)O)c1-c1ccc(OC)cc1OCc1ccccc1C(=O)O. The highest BCUT2D eigenvalue weighted by Crippen LogP contribution is 2.38. The smallest absolute Gasteiger partial charge is 0.336 e. The van der Waals surface area contributed by atoms with Crippen molar-refractivity contribution < 1.29 is 34.0 Å². The molecule has 4 aromatic rings. The van der Waals surface area contributed by atoms with Crippen LogP contribution in [0.25, 0.3) is 17.3 Å². The molecule has 9 nitrogen and oxygen atoms in total. The number of carboxylic acids is 2. The number of ether oxygens (including phenoxy) is 3. The van der Waals surface area contributed by atoms with Gasteiger partial charge < -0.3 is 24.4 Å². The molecule has 0 bridgehead atoms. The second-order valence-corrected chi connectivity index (χ2v) is 11.6. The molecular formula is C33H32Br2N2O7. The standard InChI is InChI=1S/C33H32Br2N2O7/c1-4-5-12-37-31(23(18-36-37)14-22(32(38)39)13-21-15-30(43-3)28(35)17-27(21)34)26-11-10-24(42-2)16-29(26)44-19-20-8-6-7-9-25(20)33(40)41/h6-11,14-18H,4-5,12-13,19H2,1-3H3,(H,38,39)(H,40,41)/b22-14+. The summed E-state index contributed by atoms with van der Waals surface area (Å²) >= 11 is 7.00. The zero-order valence-corrected chi connectivity index (χ0v) is 27.6. The molecular weight excluding hydrogens is 696 g/mol. The zero-order valence-electron chi connectivity index (χ0n) is 24.5. The predicted molar refractivity (Wildman–Crippen MR) is 175 cm³/mol. The Morgan fingerprint density at radius 3 is 2.41 bits per heavy atom. The van der Waals surface area contributed by atoms with Crippen molar-refractivity contribution in [1.82, 2.24) is 9.78 Å². The molecule has 0 radical (unpaired) electrons. The van der Waals surface area contributed by atoms with Gasteiger partial charge in [-0.15, -0.1) is 0 Å². The first-order chi connectivity index (χ1) is 21.2. The van der Waals surface area contributed by atoms with Crippen molar-refractivity contribution in [3.63, 3.8) is 0 Å². The molecule has 2 N–H and O–H groups in total. The van der Waals surface area contributed by atoms with E-state index in [4.69, 9.17) is 14.2 Å². The maximum Gasteiger partial charge on any atom is 0.336 e. The lowest BCUT2D eigenvalue weighted by Crippen LogP contribution is -2.08. The maximum atomic E-state index is 12.5. The summed E-state index contributed by atoms with van der Waals surface area (Å²) in [7, 11) is 3.10. The number of carbonyl (C=O) groups is 2. The van der Waals surface area contributed by atoms with E-state index < -0.39 is 11.9 Å². The fraction of sp³-hybridized carbons (Fsp3) is 0.242. The number of rotatable bonds is 14. The third-order valence-electron chi connectivity index (χ3n) is 6.97. The Morgan fingerprint density at radius 2 is 1.73 bits per heavy atom. The first kappa shape index (κ1) is 32.8. The summed E-state index contributed by atoms with van der Waals surface area (Å²) in [5, 5.41) is 24.5. The second-order valence-electron chi connectivity index (χ2n) is 9.87. The number of hydrogen-bond donors (Lipinski definition) is 2. The third kappa shape index (κ3) is 7.70. The first-order valence-electron chi connectivity index (χ1n) is 13.8. The molecule has 0 spiro atoms. The van der Waals surface area contributed by atoms with E-state index in [2.05, 4.69) is 43.9 Å². The van der Waals surface area contributed by atoms with E-state index in [0.29, 0.717) is 46.2 Å². The molecule has 1 heterocycles. The molecule has 0 aliphatic heterocycles. The minimum Gasteiger partial charge on any atom is -0.497 e. The first-order valence-corrected chi connectivity index (χ1v) is 15.4. The van der Waals surface area contributed by atoms with Gasteiger partial charge in [0, 0.05) is 45.8 Å². The van der Waals surface area contributed by atoms with Crippen molar-refractivity contribution >= 4 is 49.9 Å². The Hall–Kier alpha value is -4.09. The molecule has 1 aromatic heterocycles. The van der Waals surface area contributed by atoms with Gasteiger partial charge in [0.05, 0.1) is 36.1 Å². The topological polar surface area (TPSA) is 120 Å². The molecule has 4 rings (SSSR count). The van der Waals surface area contributed by atoms with Gasteiger partial charge in [0.15, 0.2) is 0 Å². The average molecular weight is 728 g/mol. The molecule has 0 atom stereocenters. The van der Waals surface area contributed by atoms with Gasteiger partial charge >= 0.3 is 11.9 Å². The highest BCUT2D eigenvalue weighted by Gasteiger charge is 2.21. The van der Waals surface area contributed by atoms with Crippen LogP contribution in [0.15, 0.2) is 75.3 Å². The van der Waals surface area contributed by atoms with E-state index in [0.717, 1.165) is 27.4 Å². The lowest BCUT2D eigenvalue weighted by Gasteiger charge is -2.16. The van der Waals surface area contributed by atoms with Crippen LogP contribution in [0.1, 0.15) is 46.8 Å². The summed E-state index contributed by atoms with van der Waals surface area (Å²) in [5.41, 5.74) is 3.48. The summed E-state index contributed by atoms with van der Waals surface area (Å²) in [4.78, 5) is 24.3. The largest absolute Gasteiger partial charge is 0.497 e. The number of methoxy groups -OCH3 is 2. The molecule has 0 aliphatic carbocycles. The van der Waals surface area contributed by atoms with Gasteiger partial charge in [-0.25, -0.2) is 9.59 Å². The number of nitrogens with zero attached hydrogens (tertiary/aromatic N) is 2. The van der Waals surface area contributed by atoms with E-state index in [1.807, 2.05) is 16.8 Å². The molecule has 0 saturated carbocycles. The fourth-order valence-electron chi connectivity index (χ4n) is 4.68. The number of aromatic carboxylic acids is 1. The monoisotopic (exact) mass is 726 g/mol. The van der Waals surface area contributed by atoms with Crippen LogP contribution in [0.5, 0.6) is 17.2 Å². The van der Waals surface area contributed by atoms with Crippen molar-refractivity contribution in [2.45, 2.75) is 39.3 Å². The highest BCUT2D eigenvalue weighted by molar-refractivity contribution is 9.11. The Bertz CT molecular complexity index is 1700.